The van der Waals surface area contributed by atoms with E-state index in [0.717, 1.165) is 35.2 Å². The number of benzene rings is 2. The van der Waals surface area contributed by atoms with E-state index in [9.17, 15) is 4.79 Å². The molecular formula is C23H26N2O4. The Kier molecular flexibility index (Phi) is 6.65. The SMILES string of the molecule is CO/N=C(/C(=O)OC)c1cccc(C)c1CO/N=C(/c1cccc(C)c1)C1CC1. The lowest BCUT2D eigenvalue weighted by atomic mass is 9.99. The van der Waals surface area contributed by atoms with Gasteiger partial charge in [-0.1, -0.05) is 58.3 Å². The van der Waals surface area contributed by atoms with Crippen molar-refractivity contribution in [3.63, 3.8) is 0 Å². The van der Waals surface area contributed by atoms with Crippen LogP contribution >= 0.6 is 0 Å². The Labute approximate surface area is 171 Å². The van der Waals surface area contributed by atoms with Gasteiger partial charge in [0.05, 0.1) is 12.8 Å². The van der Waals surface area contributed by atoms with E-state index >= 15 is 0 Å². The molecule has 0 unspecified atom stereocenters. The van der Waals surface area contributed by atoms with Crippen LogP contribution in [0.5, 0.6) is 0 Å². The molecule has 3 rings (SSSR count). The van der Waals surface area contributed by atoms with Gasteiger partial charge in [-0.3, -0.25) is 0 Å². The smallest absolute Gasteiger partial charge is 0.360 e. The van der Waals surface area contributed by atoms with Crippen LogP contribution in [-0.4, -0.2) is 31.6 Å². The zero-order valence-corrected chi connectivity index (χ0v) is 17.3. The number of ether oxygens (including phenoxy) is 1. The van der Waals surface area contributed by atoms with Gasteiger partial charge in [-0.25, -0.2) is 4.79 Å². The summed E-state index contributed by atoms with van der Waals surface area (Å²) in [5.74, 6) is -0.130. The zero-order valence-electron chi connectivity index (χ0n) is 17.3. The zero-order chi connectivity index (χ0) is 20.8. The van der Waals surface area contributed by atoms with Crippen molar-refractivity contribution in [1.82, 2.24) is 0 Å². The fourth-order valence-electron chi connectivity index (χ4n) is 3.19. The van der Waals surface area contributed by atoms with Gasteiger partial charge in [-0.05, 0) is 37.8 Å². The lowest BCUT2D eigenvalue weighted by molar-refractivity contribution is -0.132. The Bertz CT molecular complexity index is 946. The molecule has 1 saturated carbocycles. The summed E-state index contributed by atoms with van der Waals surface area (Å²) in [7, 11) is 2.70. The van der Waals surface area contributed by atoms with Crippen molar-refractivity contribution in [3.05, 3.63) is 70.3 Å². The average molecular weight is 394 g/mol. The average Bonchev–Trinajstić information content (AvgIpc) is 3.55. The maximum atomic E-state index is 12.2. The maximum absolute atomic E-state index is 12.2. The van der Waals surface area contributed by atoms with Crippen LogP contribution < -0.4 is 0 Å². The number of hydrogen-bond acceptors (Lipinski definition) is 6. The van der Waals surface area contributed by atoms with E-state index in [1.54, 1.807) is 6.07 Å². The number of oxime groups is 2. The standard InChI is InChI=1S/C23H26N2O4/c1-15-7-5-9-18(13-15)21(17-11-12-17)25-29-14-20-16(2)8-6-10-19(20)22(24-28-4)23(26)27-3/h5-10,13,17H,11-12,14H2,1-4H3/b24-22+,25-21+. The molecule has 6 heteroatoms. The first-order valence-electron chi connectivity index (χ1n) is 9.60. The van der Waals surface area contributed by atoms with Gasteiger partial charge in [0.1, 0.15) is 13.7 Å². The summed E-state index contributed by atoms with van der Waals surface area (Å²) in [5, 5.41) is 8.33. The summed E-state index contributed by atoms with van der Waals surface area (Å²) in [6, 6.07) is 13.9. The highest BCUT2D eigenvalue weighted by atomic mass is 16.6. The van der Waals surface area contributed by atoms with E-state index in [-0.39, 0.29) is 12.3 Å². The third-order valence-corrected chi connectivity index (χ3v) is 4.88. The molecule has 1 fully saturated rings. The van der Waals surface area contributed by atoms with Crippen LogP contribution in [-0.2, 0) is 25.8 Å². The van der Waals surface area contributed by atoms with E-state index in [1.807, 2.05) is 25.1 Å². The molecule has 0 N–H and O–H groups in total. The number of aryl methyl sites for hydroxylation is 2. The van der Waals surface area contributed by atoms with Crippen LogP contribution in [0.4, 0.5) is 0 Å². The van der Waals surface area contributed by atoms with Crippen molar-refractivity contribution < 1.29 is 19.2 Å². The molecule has 0 aromatic heterocycles. The Balaban J connectivity index is 1.87. The predicted molar refractivity (Wildman–Crippen MR) is 112 cm³/mol. The van der Waals surface area contributed by atoms with Gasteiger partial charge in [-0.15, -0.1) is 0 Å². The normalized spacial score (nSPS) is 14.5. The molecule has 0 aliphatic heterocycles. The molecule has 29 heavy (non-hydrogen) atoms. The Morgan fingerprint density at radius 2 is 1.83 bits per heavy atom. The molecule has 0 amide bonds. The van der Waals surface area contributed by atoms with Crippen molar-refractivity contribution >= 4 is 17.4 Å². The third kappa shape index (κ3) is 5.02. The predicted octanol–water partition coefficient (Wildman–Crippen LogP) is 4.16. The summed E-state index contributed by atoms with van der Waals surface area (Å²) >= 11 is 0. The minimum Gasteiger partial charge on any atom is -0.464 e. The number of hydrogen-bond donors (Lipinski definition) is 0. The molecule has 2 aromatic carbocycles. The molecule has 0 bridgehead atoms. The first kappa shape index (κ1) is 20.6. The van der Waals surface area contributed by atoms with E-state index in [1.165, 1.54) is 19.8 Å². The van der Waals surface area contributed by atoms with Crippen LogP contribution in [0.3, 0.4) is 0 Å². The highest BCUT2D eigenvalue weighted by molar-refractivity contribution is 6.43. The summed E-state index contributed by atoms with van der Waals surface area (Å²) < 4.78 is 4.85. The van der Waals surface area contributed by atoms with E-state index < -0.39 is 5.97 Å². The van der Waals surface area contributed by atoms with Crippen molar-refractivity contribution in [1.29, 1.82) is 0 Å². The minimum atomic E-state index is -0.569. The largest absolute Gasteiger partial charge is 0.464 e. The van der Waals surface area contributed by atoms with Crippen LogP contribution in [0.1, 0.15) is 40.7 Å². The molecule has 6 nitrogen and oxygen atoms in total. The molecule has 0 radical (unpaired) electrons. The fraction of sp³-hybridized carbons (Fsp3) is 0.348. The Hall–Kier alpha value is -3.15. The fourth-order valence-corrected chi connectivity index (χ4v) is 3.19. The quantitative estimate of drug-likeness (QED) is 0.383. The minimum absolute atomic E-state index is 0.0994. The van der Waals surface area contributed by atoms with Crippen molar-refractivity contribution in [2.45, 2.75) is 33.3 Å². The second kappa shape index (κ2) is 9.37. The summed E-state index contributed by atoms with van der Waals surface area (Å²) in [6.07, 6.45) is 2.25. The first-order valence-corrected chi connectivity index (χ1v) is 9.60. The van der Waals surface area contributed by atoms with E-state index in [2.05, 4.69) is 35.4 Å². The molecule has 152 valence electrons. The van der Waals surface area contributed by atoms with Gasteiger partial charge in [0.15, 0.2) is 5.71 Å². The number of rotatable bonds is 8. The Morgan fingerprint density at radius 3 is 2.48 bits per heavy atom. The number of nitrogens with zero attached hydrogens (tertiary/aromatic N) is 2. The van der Waals surface area contributed by atoms with Crippen molar-refractivity contribution in [2.24, 2.45) is 16.2 Å². The van der Waals surface area contributed by atoms with Gasteiger partial charge < -0.3 is 14.4 Å². The van der Waals surface area contributed by atoms with Crippen LogP contribution in [0.15, 0.2) is 52.8 Å². The third-order valence-electron chi connectivity index (χ3n) is 4.88. The van der Waals surface area contributed by atoms with Gasteiger partial charge in [-0.2, -0.15) is 0 Å². The molecule has 0 saturated heterocycles. The van der Waals surface area contributed by atoms with Crippen molar-refractivity contribution in [2.75, 3.05) is 14.2 Å². The topological polar surface area (TPSA) is 69.5 Å². The highest BCUT2D eigenvalue weighted by Gasteiger charge is 2.29. The molecule has 1 aliphatic rings. The highest BCUT2D eigenvalue weighted by Crippen LogP contribution is 2.33. The van der Waals surface area contributed by atoms with Crippen molar-refractivity contribution in [3.8, 4) is 0 Å². The van der Waals surface area contributed by atoms with Crippen LogP contribution in [0.2, 0.25) is 0 Å². The summed E-state index contributed by atoms with van der Waals surface area (Å²) in [4.78, 5) is 22.8. The molecule has 2 aromatic rings. The maximum Gasteiger partial charge on any atom is 0.360 e. The Morgan fingerprint density at radius 1 is 1.07 bits per heavy atom. The van der Waals surface area contributed by atoms with Gasteiger partial charge in [0, 0.05) is 17.0 Å². The molecule has 0 spiro atoms. The summed E-state index contributed by atoms with van der Waals surface area (Å²) in [5.41, 5.74) is 5.75. The van der Waals surface area contributed by atoms with Gasteiger partial charge >= 0.3 is 5.97 Å². The number of esters is 1. The van der Waals surface area contributed by atoms with Gasteiger partial charge in [0.2, 0.25) is 0 Å². The molecule has 0 heterocycles. The van der Waals surface area contributed by atoms with Gasteiger partial charge in [0.25, 0.3) is 0 Å². The van der Waals surface area contributed by atoms with Crippen LogP contribution in [0.25, 0.3) is 0 Å². The molecule has 0 atom stereocenters. The first-order chi connectivity index (χ1) is 14.0. The van der Waals surface area contributed by atoms with Crippen LogP contribution in [0, 0.1) is 19.8 Å². The second-order valence-corrected chi connectivity index (χ2v) is 7.11. The lowest BCUT2D eigenvalue weighted by Crippen LogP contribution is -2.20. The van der Waals surface area contributed by atoms with E-state index in [4.69, 9.17) is 14.4 Å². The van der Waals surface area contributed by atoms with E-state index in [0.29, 0.717) is 11.5 Å². The number of methoxy groups -OCH3 is 1. The summed E-state index contributed by atoms with van der Waals surface area (Å²) in [6.45, 7) is 4.23. The lowest BCUT2D eigenvalue weighted by Gasteiger charge is -2.13. The second-order valence-electron chi connectivity index (χ2n) is 7.11. The monoisotopic (exact) mass is 394 g/mol. The number of carbonyl (C=O) groups is 1. The molecular weight excluding hydrogens is 368 g/mol. The number of carbonyl (C=O) groups excluding carboxylic acids is 1. The molecule has 1 aliphatic carbocycles.